The fourth-order valence-electron chi connectivity index (χ4n) is 2.77. The van der Waals surface area contributed by atoms with Crippen LogP contribution >= 0.6 is 0 Å². The van der Waals surface area contributed by atoms with Crippen molar-refractivity contribution in [1.82, 2.24) is 5.32 Å². The first kappa shape index (κ1) is 22.0. The Balaban J connectivity index is 1.49. The Morgan fingerprint density at radius 1 is 1.00 bits per heavy atom. The maximum Gasteiger partial charge on any atom is 0.251 e. The van der Waals surface area contributed by atoms with E-state index in [1.807, 2.05) is 24.3 Å². The fourth-order valence-corrected chi connectivity index (χ4v) is 2.77. The Kier molecular flexibility index (Phi) is 7.70. The first-order valence-corrected chi connectivity index (χ1v) is 10.2. The summed E-state index contributed by atoms with van der Waals surface area (Å²) in [6, 6.07) is 17.8. The molecule has 7 heteroatoms. The molecule has 3 aromatic rings. The highest BCUT2D eigenvalue weighted by Crippen LogP contribution is 2.18. The molecule has 2 aromatic carbocycles. The second kappa shape index (κ2) is 10.9. The molecule has 1 heterocycles. The van der Waals surface area contributed by atoms with E-state index >= 15 is 0 Å². The molecule has 2 amide bonds. The minimum atomic E-state index is -0.246. The summed E-state index contributed by atoms with van der Waals surface area (Å²) in [5.41, 5.74) is 1.79. The highest BCUT2D eigenvalue weighted by Gasteiger charge is 2.09. The zero-order valence-electron chi connectivity index (χ0n) is 17.7. The molecule has 0 aliphatic carbocycles. The number of carbonyl (C=O) groups excluding carboxylic acids is 2. The van der Waals surface area contributed by atoms with Gasteiger partial charge in [-0.1, -0.05) is 26.0 Å². The molecule has 0 unspecified atom stereocenters. The highest BCUT2D eigenvalue weighted by molar-refractivity contribution is 5.98. The molecule has 0 saturated carbocycles. The van der Waals surface area contributed by atoms with E-state index in [1.165, 1.54) is 0 Å². The number of ether oxygens (including phenoxy) is 1. The standard InChI is InChI=1S/C24H27N3O4/c1-17(2)16-31-21-9-4-7-19(13-21)25-15-23(28)27-20-8-3-6-18(12-20)24(29)26-14-22-10-5-11-30-22/h3-13,17,25H,14-16H2,1-2H3,(H,26,29)(H,27,28). The van der Waals surface area contributed by atoms with Crippen LogP contribution in [-0.2, 0) is 11.3 Å². The number of benzene rings is 2. The lowest BCUT2D eigenvalue weighted by molar-refractivity contribution is -0.114. The van der Waals surface area contributed by atoms with Gasteiger partial charge < -0.3 is 25.1 Å². The van der Waals surface area contributed by atoms with Gasteiger partial charge in [-0.15, -0.1) is 0 Å². The summed E-state index contributed by atoms with van der Waals surface area (Å²) in [6.07, 6.45) is 1.56. The topological polar surface area (TPSA) is 92.6 Å². The largest absolute Gasteiger partial charge is 0.493 e. The predicted octanol–water partition coefficient (Wildman–Crippen LogP) is 4.30. The smallest absolute Gasteiger partial charge is 0.251 e. The van der Waals surface area contributed by atoms with Gasteiger partial charge >= 0.3 is 0 Å². The van der Waals surface area contributed by atoms with E-state index in [1.54, 1.807) is 42.7 Å². The van der Waals surface area contributed by atoms with E-state index in [4.69, 9.17) is 9.15 Å². The number of rotatable bonds is 10. The molecule has 0 aliphatic heterocycles. The van der Waals surface area contributed by atoms with E-state index in [0.29, 0.717) is 36.1 Å². The van der Waals surface area contributed by atoms with Crippen LogP contribution < -0.4 is 20.7 Å². The maximum absolute atomic E-state index is 12.3. The summed E-state index contributed by atoms with van der Waals surface area (Å²) in [5, 5.41) is 8.67. The van der Waals surface area contributed by atoms with Crippen molar-refractivity contribution in [1.29, 1.82) is 0 Å². The van der Waals surface area contributed by atoms with Crippen LogP contribution in [0.5, 0.6) is 5.75 Å². The number of hydrogen-bond donors (Lipinski definition) is 3. The Bertz CT molecular complexity index is 1000. The lowest BCUT2D eigenvalue weighted by atomic mass is 10.2. The molecular weight excluding hydrogens is 394 g/mol. The Hall–Kier alpha value is -3.74. The molecule has 0 fully saturated rings. The Morgan fingerprint density at radius 3 is 2.58 bits per heavy atom. The van der Waals surface area contributed by atoms with Gasteiger partial charge in [0.15, 0.2) is 0 Å². The lowest BCUT2D eigenvalue weighted by Gasteiger charge is -2.12. The van der Waals surface area contributed by atoms with Gasteiger partial charge in [-0.3, -0.25) is 9.59 Å². The summed E-state index contributed by atoms with van der Waals surface area (Å²) in [6.45, 7) is 5.19. The normalized spacial score (nSPS) is 10.5. The van der Waals surface area contributed by atoms with Crippen LogP contribution in [0.3, 0.4) is 0 Å². The first-order valence-electron chi connectivity index (χ1n) is 10.2. The zero-order valence-corrected chi connectivity index (χ0v) is 17.7. The minimum absolute atomic E-state index is 0.0859. The number of anilines is 2. The molecule has 3 rings (SSSR count). The van der Waals surface area contributed by atoms with Gasteiger partial charge in [0.25, 0.3) is 5.91 Å². The number of amides is 2. The van der Waals surface area contributed by atoms with Crippen LogP contribution in [0.1, 0.15) is 30.0 Å². The first-order chi connectivity index (χ1) is 15.0. The molecule has 162 valence electrons. The molecule has 7 nitrogen and oxygen atoms in total. The minimum Gasteiger partial charge on any atom is -0.493 e. The molecule has 3 N–H and O–H groups in total. The fraction of sp³-hybridized carbons (Fsp3) is 0.250. The molecular formula is C24H27N3O4. The number of carbonyl (C=O) groups is 2. The second-order valence-electron chi connectivity index (χ2n) is 7.48. The van der Waals surface area contributed by atoms with Gasteiger partial charge in [-0.25, -0.2) is 0 Å². The van der Waals surface area contributed by atoms with E-state index in [9.17, 15) is 9.59 Å². The number of furan rings is 1. The summed E-state index contributed by atoms with van der Waals surface area (Å²) in [7, 11) is 0. The van der Waals surface area contributed by atoms with Gasteiger partial charge in [0.2, 0.25) is 5.91 Å². The summed E-state index contributed by atoms with van der Waals surface area (Å²) in [4.78, 5) is 24.7. The average Bonchev–Trinajstić information content (AvgIpc) is 3.29. The van der Waals surface area contributed by atoms with Crippen molar-refractivity contribution in [3.63, 3.8) is 0 Å². The Morgan fingerprint density at radius 2 is 1.81 bits per heavy atom. The number of hydrogen-bond acceptors (Lipinski definition) is 5. The van der Waals surface area contributed by atoms with Gasteiger partial charge in [0.1, 0.15) is 11.5 Å². The molecule has 0 aliphatic rings. The third kappa shape index (κ3) is 7.22. The molecule has 0 saturated heterocycles. The van der Waals surface area contributed by atoms with Crippen molar-refractivity contribution in [2.45, 2.75) is 20.4 Å². The monoisotopic (exact) mass is 421 g/mol. The highest BCUT2D eigenvalue weighted by atomic mass is 16.5. The third-order valence-corrected chi connectivity index (χ3v) is 4.28. The molecule has 0 spiro atoms. The van der Waals surface area contributed by atoms with Crippen LogP contribution in [0.25, 0.3) is 0 Å². The summed E-state index contributed by atoms with van der Waals surface area (Å²) >= 11 is 0. The van der Waals surface area contributed by atoms with Gasteiger partial charge in [0.05, 0.1) is 26.0 Å². The van der Waals surface area contributed by atoms with Gasteiger partial charge in [-0.2, -0.15) is 0 Å². The molecule has 0 atom stereocenters. The average molecular weight is 421 g/mol. The molecule has 0 bridgehead atoms. The van der Waals surface area contributed by atoms with E-state index < -0.39 is 0 Å². The second-order valence-corrected chi connectivity index (χ2v) is 7.48. The SMILES string of the molecule is CC(C)COc1cccc(NCC(=O)Nc2cccc(C(=O)NCc3ccco3)c2)c1. The van der Waals surface area contributed by atoms with Crippen LogP contribution in [0.4, 0.5) is 11.4 Å². The van der Waals surface area contributed by atoms with Crippen molar-refractivity contribution in [3.05, 3.63) is 78.3 Å². The van der Waals surface area contributed by atoms with E-state index in [-0.39, 0.29) is 18.4 Å². The maximum atomic E-state index is 12.3. The quantitative estimate of drug-likeness (QED) is 0.454. The van der Waals surface area contributed by atoms with Gasteiger partial charge in [-0.05, 0) is 48.4 Å². The molecule has 31 heavy (non-hydrogen) atoms. The van der Waals surface area contributed by atoms with Gasteiger partial charge in [0, 0.05) is 23.0 Å². The molecule has 1 aromatic heterocycles. The van der Waals surface area contributed by atoms with Crippen LogP contribution in [0.2, 0.25) is 0 Å². The number of nitrogens with one attached hydrogen (secondary N) is 3. The van der Waals surface area contributed by atoms with Crippen LogP contribution in [0.15, 0.2) is 71.3 Å². The van der Waals surface area contributed by atoms with Crippen molar-refractivity contribution < 1.29 is 18.7 Å². The van der Waals surface area contributed by atoms with Crippen molar-refractivity contribution in [2.24, 2.45) is 5.92 Å². The Labute approximate surface area is 181 Å². The summed E-state index contributed by atoms with van der Waals surface area (Å²) < 4.78 is 10.9. The third-order valence-electron chi connectivity index (χ3n) is 4.28. The van der Waals surface area contributed by atoms with Crippen LogP contribution in [0, 0.1) is 5.92 Å². The van der Waals surface area contributed by atoms with Crippen molar-refractivity contribution in [3.8, 4) is 5.75 Å². The summed E-state index contributed by atoms with van der Waals surface area (Å²) in [5.74, 6) is 1.39. The predicted molar refractivity (Wildman–Crippen MR) is 120 cm³/mol. The van der Waals surface area contributed by atoms with E-state index in [2.05, 4.69) is 29.8 Å². The molecule has 0 radical (unpaired) electrons. The van der Waals surface area contributed by atoms with Crippen molar-refractivity contribution in [2.75, 3.05) is 23.8 Å². The van der Waals surface area contributed by atoms with Crippen LogP contribution in [-0.4, -0.2) is 25.0 Å². The van der Waals surface area contributed by atoms with E-state index in [0.717, 1.165) is 11.4 Å². The lowest BCUT2D eigenvalue weighted by Crippen LogP contribution is -2.24. The zero-order chi connectivity index (χ0) is 22.1. The van der Waals surface area contributed by atoms with Crippen molar-refractivity contribution >= 4 is 23.2 Å².